The van der Waals surface area contributed by atoms with Crippen molar-refractivity contribution in [3.63, 3.8) is 0 Å². The summed E-state index contributed by atoms with van der Waals surface area (Å²) in [6.45, 7) is 3.95. The average molecular weight is 473 g/mol. The molecule has 3 aromatic rings. The first-order valence-corrected chi connectivity index (χ1v) is 12.4. The molecule has 1 fully saturated rings. The van der Waals surface area contributed by atoms with Crippen molar-refractivity contribution in [3.8, 4) is 5.69 Å². The highest BCUT2D eigenvalue weighted by Gasteiger charge is 2.27. The molecule has 1 aliphatic heterocycles. The maximum Gasteiger partial charge on any atom is 0.271 e. The fourth-order valence-electron chi connectivity index (χ4n) is 3.75. The van der Waals surface area contributed by atoms with Crippen LogP contribution in [0.25, 0.3) is 5.69 Å². The van der Waals surface area contributed by atoms with Gasteiger partial charge in [-0.3, -0.25) is 4.79 Å². The monoisotopic (exact) mass is 472 g/mol. The third-order valence-corrected chi connectivity index (χ3v) is 7.77. The molecule has 0 N–H and O–H groups in total. The Kier molecular flexibility index (Phi) is 6.64. The molecule has 0 aliphatic carbocycles. The van der Waals surface area contributed by atoms with Gasteiger partial charge in [0.05, 0.1) is 10.6 Å². The Balaban J connectivity index is 1.54. The lowest BCUT2D eigenvalue weighted by molar-refractivity contribution is 0.433. The van der Waals surface area contributed by atoms with E-state index in [1.807, 2.05) is 24.0 Å². The van der Waals surface area contributed by atoms with Gasteiger partial charge in [-0.2, -0.15) is 8.99 Å². The van der Waals surface area contributed by atoms with Crippen molar-refractivity contribution < 1.29 is 8.42 Å². The Hall–Kier alpha value is -2.68. The van der Waals surface area contributed by atoms with Crippen molar-refractivity contribution in [1.29, 1.82) is 0 Å². The van der Waals surface area contributed by atoms with Crippen LogP contribution in [0.15, 0.2) is 70.4 Å². The van der Waals surface area contributed by atoms with E-state index in [1.165, 1.54) is 15.1 Å². The molecule has 9 heteroatoms. The molecule has 0 spiro atoms. The number of hydrogen-bond donors (Lipinski definition) is 0. The molecular formula is C23H25ClN4O3S. The van der Waals surface area contributed by atoms with Crippen LogP contribution in [0.2, 0.25) is 5.02 Å². The summed E-state index contributed by atoms with van der Waals surface area (Å²) in [6.07, 6.45) is 1.53. The Bertz CT molecular complexity index is 1240. The highest BCUT2D eigenvalue weighted by Crippen LogP contribution is 2.21. The lowest BCUT2D eigenvalue weighted by atomic mass is 10.2. The fourth-order valence-corrected chi connectivity index (χ4v) is 5.34. The molecule has 2 aromatic carbocycles. The molecule has 1 aliphatic rings. The number of halogens is 1. The van der Waals surface area contributed by atoms with E-state index in [0.29, 0.717) is 54.0 Å². The summed E-state index contributed by atoms with van der Waals surface area (Å²) in [7, 11) is -3.56. The third-order valence-electron chi connectivity index (χ3n) is 5.61. The van der Waals surface area contributed by atoms with Gasteiger partial charge in [-0.15, -0.1) is 5.10 Å². The van der Waals surface area contributed by atoms with Gasteiger partial charge in [0.2, 0.25) is 10.0 Å². The van der Waals surface area contributed by atoms with Crippen LogP contribution in [0.1, 0.15) is 18.9 Å². The van der Waals surface area contributed by atoms with E-state index in [4.69, 9.17) is 11.6 Å². The maximum absolute atomic E-state index is 13.1. The minimum Gasteiger partial charge on any atom is -0.354 e. The second-order valence-electron chi connectivity index (χ2n) is 7.66. The van der Waals surface area contributed by atoms with E-state index in [1.54, 1.807) is 42.5 Å². The SMILES string of the molecule is CCc1ccc(S(=O)(=O)N2CCCN(c3ccc(=O)n(-c4ccc(Cl)cc4)n3)CC2)cc1. The largest absolute Gasteiger partial charge is 0.354 e. The standard InChI is InChI=1S/C23H25ClN4O3S/c1-2-18-4-10-21(11-5-18)32(30,31)27-15-3-14-26(16-17-27)22-12-13-23(29)28(25-22)20-8-6-19(24)7-9-20/h4-13H,2-3,14-17H2,1H3. The fraction of sp³-hybridized carbons (Fsp3) is 0.304. The Morgan fingerprint density at radius 1 is 0.906 bits per heavy atom. The van der Waals surface area contributed by atoms with Crippen LogP contribution in [-0.4, -0.2) is 48.7 Å². The van der Waals surface area contributed by atoms with Crippen LogP contribution in [0.5, 0.6) is 0 Å². The van der Waals surface area contributed by atoms with E-state index in [0.717, 1.165) is 12.0 Å². The number of rotatable bonds is 5. The zero-order valence-corrected chi connectivity index (χ0v) is 19.4. The van der Waals surface area contributed by atoms with E-state index in [-0.39, 0.29) is 5.56 Å². The molecule has 1 saturated heterocycles. The lowest BCUT2D eigenvalue weighted by Crippen LogP contribution is -2.36. The average Bonchev–Trinajstić information content (AvgIpc) is 3.07. The first-order chi connectivity index (χ1) is 15.4. The molecule has 0 amide bonds. The van der Waals surface area contributed by atoms with Gasteiger partial charge in [-0.05, 0) is 60.9 Å². The van der Waals surface area contributed by atoms with Crippen molar-refractivity contribution in [3.05, 3.63) is 81.6 Å². The van der Waals surface area contributed by atoms with Gasteiger partial charge >= 0.3 is 0 Å². The van der Waals surface area contributed by atoms with E-state index in [9.17, 15) is 13.2 Å². The molecule has 0 unspecified atom stereocenters. The van der Waals surface area contributed by atoms with Crippen LogP contribution >= 0.6 is 11.6 Å². The van der Waals surface area contributed by atoms with Crippen LogP contribution in [0, 0.1) is 0 Å². The van der Waals surface area contributed by atoms with Crippen molar-refractivity contribution in [2.45, 2.75) is 24.7 Å². The lowest BCUT2D eigenvalue weighted by Gasteiger charge is -2.23. The molecular weight excluding hydrogens is 448 g/mol. The summed E-state index contributed by atoms with van der Waals surface area (Å²) >= 11 is 5.95. The number of benzene rings is 2. The summed E-state index contributed by atoms with van der Waals surface area (Å²) in [6, 6.07) is 17.1. The Morgan fingerprint density at radius 3 is 2.31 bits per heavy atom. The number of nitrogens with zero attached hydrogens (tertiary/aromatic N) is 4. The molecule has 0 bridgehead atoms. The van der Waals surface area contributed by atoms with Gasteiger partial charge in [-0.25, -0.2) is 8.42 Å². The highest BCUT2D eigenvalue weighted by molar-refractivity contribution is 7.89. The van der Waals surface area contributed by atoms with Crippen molar-refractivity contribution in [1.82, 2.24) is 14.1 Å². The van der Waals surface area contributed by atoms with Crippen LogP contribution in [-0.2, 0) is 16.4 Å². The smallest absolute Gasteiger partial charge is 0.271 e. The number of hydrogen-bond acceptors (Lipinski definition) is 5. The molecule has 0 saturated carbocycles. The molecule has 0 atom stereocenters. The van der Waals surface area contributed by atoms with Crippen LogP contribution < -0.4 is 10.5 Å². The van der Waals surface area contributed by atoms with Gasteiger partial charge < -0.3 is 4.90 Å². The first kappa shape index (κ1) is 22.5. The molecule has 32 heavy (non-hydrogen) atoms. The second kappa shape index (κ2) is 9.44. The van der Waals surface area contributed by atoms with Crippen LogP contribution in [0.4, 0.5) is 5.82 Å². The van der Waals surface area contributed by atoms with Crippen molar-refractivity contribution >= 4 is 27.4 Å². The number of aromatic nitrogens is 2. The molecule has 4 rings (SSSR count). The second-order valence-corrected chi connectivity index (χ2v) is 10.0. The normalized spacial score (nSPS) is 15.5. The minimum absolute atomic E-state index is 0.245. The molecule has 7 nitrogen and oxygen atoms in total. The maximum atomic E-state index is 13.1. The zero-order valence-electron chi connectivity index (χ0n) is 17.8. The first-order valence-electron chi connectivity index (χ1n) is 10.6. The van der Waals surface area contributed by atoms with Gasteiger partial charge in [0.25, 0.3) is 5.56 Å². The van der Waals surface area contributed by atoms with Gasteiger partial charge in [-0.1, -0.05) is 30.7 Å². The topological polar surface area (TPSA) is 75.5 Å². The van der Waals surface area contributed by atoms with Crippen LogP contribution in [0.3, 0.4) is 0 Å². The predicted octanol–water partition coefficient (Wildman–Crippen LogP) is 3.35. The molecule has 1 aromatic heterocycles. The van der Waals surface area contributed by atoms with Crippen molar-refractivity contribution in [2.75, 3.05) is 31.1 Å². The summed E-state index contributed by atoms with van der Waals surface area (Å²) in [4.78, 5) is 14.7. The molecule has 168 valence electrons. The zero-order chi connectivity index (χ0) is 22.7. The number of aryl methyl sites for hydroxylation is 1. The molecule has 0 radical (unpaired) electrons. The summed E-state index contributed by atoms with van der Waals surface area (Å²) < 4.78 is 29.1. The van der Waals surface area contributed by atoms with Gasteiger partial charge in [0, 0.05) is 37.3 Å². The molecule has 2 heterocycles. The number of anilines is 1. The van der Waals surface area contributed by atoms with Gasteiger partial charge in [0.1, 0.15) is 5.82 Å². The third kappa shape index (κ3) is 4.72. The van der Waals surface area contributed by atoms with E-state index < -0.39 is 10.0 Å². The van der Waals surface area contributed by atoms with Crippen molar-refractivity contribution in [2.24, 2.45) is 0 Å². The number of sulfonamides is 1. The summed E-state index contributed by atoms with van der Waals surface area (Å²) in [5.74, 6) is 0.631. The Labute approximate surface area is 192 Å². The Morgan fingerprint density at radius 2 is 1.62 bits per heavy atom. The van der Waals surface area contributed by atoms with Gasteiger partial charge in [0.15, 0.2) is 0 Å². The van der Waals surface area contributed by atoms with E-state index in [2.05, 4.69) is 5.10 Å². The predicted molar refractivity (Wildman–Crippen MR) is 126 cm³/mol. The highest BCUT2D eigenvalue weighted by atomic mass is 35.5. The quantitative estimate of drug-likeness (QED) is 0.569. The van der Waals surface area contributed by atoms with E-state index >= 15 is 0 Å². The summed E-state index contributed by atoms with van der Waals surface area (Å²) in [5.41, 5.74) is 1.48. The summed E-state index contributed by atoms with van der Waals surface area (Å²) in [5, 5.41) is 5.10. The minimum atomic E-state index is -3.56.